The molecule has 0 aliphatic heterocycles. The minimum atomic E-state index is 0.240. The number of hydrogen-bond donors (Lipinski definition) is 0. The molecular formula is C12H4Cl4N2. The van der Waals surface area contributed by atoms with Crippen LogP contribution in [0.25, 0.3) is 21.8 Å². The zero-order valence-electron chi connectivity index (χ0n) is 8.72. The lowest BCUT2D eigenvalue weighted by atomic mass is 10.1. The summed E-state index contributed by atoms with van der Waals surface area (Å²) in [5, 5.41) is 2.99. The van der Waals surface area contributed by atoms with Gasteiger partial charge in [-0.3, -0.25) is 0 Å². The van der Waals surface area contributed by atoms with Gasteiger partial charge in [0.15, 0.2) is 0 Å². The zero-order valence-corrected chi connectivity index (χ0v) is 11.7. The highest BCUT2D eigenvalue weighted by Crippen LogP contribution is 2.31. The van der Waals surface area contributed by atoms with Crippen LogP contribution in [-0.2, 0) is 0 Å². The van der Waals surface area contributed by atoms with Gasteiger partial charge < -0.3 is 0 Å². The van der Waals surface area contributed by atoms with E-state index in [0.29, 0.717) is 21.1 Å². The highest BCUT2D eigenvalue weighted by molar-refractivity contribution is 6.43. The van der Waals surface area contributed by atoms with Gasteiger partial charge in [-0.1, -0.05) is 58.5 Å². The first-order chi connectivity index (χ1) is 8.56. The van der Waals surface area contributed by atoms with Crippen LogP contribution in [0.15, 0.2) is 24.3 Å². The van der Waals surface area contributed by atoms with Gasteiger partial charge in [-0.2, -0.15) is 0 Å². The van der Waals surface area contributed by atoms with Gasteiger partial charge in [0.1, 0.15) is 10.3 Å². The number of aromatic nitrogens is 2. The fourth-order valence-corrected chi connectivity index (χ4v) is 2.37. The molecule has 1 aromatic carbocycles. The van der Waals surface area contributed by atoms with Crippen LogP contribution in [0.5, 0.6) is 0 Å². The lowest BCUT2D eigenvalue weighted by molar-refractivity contribution is 1.37. The summed E-state index contributed by atoms with van der Waals surface area (Å²) in [5.41, 5.74) is 1.31. The van der Waals surface area contributed by atoms with Crippen LogP contribution in [0, 0.1) is 0 Å². The van der Waals surface area contributed by atoms with Gasteiger partial charge in [0.25, 0.3) is 0 Å². The quantitative estimate of drug-likeness (QED) is 0.410. The minimum absolute atomic E-state index is 0.240. The molecule has 3 aromatic rings. The highest BCUT2D eigenvalue weighted by atomic mass is 35.5. The van der Waals surface area contributed by atoms with Crippen molar-refractivity contribution in [3.05, 3.63) is 44.6 Å². The molecule has 2 nitrogen and oxygen atoms in total. The molecule has 0 amide bonds. The van der Waals surface area contributed by atoms with E-state index < -0.39 is 0 Å². The molecule has 90 valence electrons. The molecule has 2 aromatic heterocycles. The van der Waals surface area contributed by atoms with Crippen molar-refractivity contribution < 1.29 is 0 Å². The second kappa shape index (κ2) is 4.39. The van der Waals surface area contributed by atoms with Crippen molar-refractivity contribution in [1.29, 1.82) is 0 Å². The van der Waals surface area contributed by atoms with E-state index >= 15 is 0 Å². The Morgan fingerprint density at radius 1 is 0.667 bits per heavy atom. The Morgan fingerprint density at radius 3 is 1.44 bits per heavy atom. The number of hydrogen-bond acceptors (Lipinski definition) is 2. The maximum absolute atomic E-state index is 5.93. The van der Waals surface area contributed by atoms with Crippen LogP contribution >= 0.6 is 46.4 Å². The lowest BCUT2D eigenvalue weighted by Gasteiger charge is -2.05. The summed E-state index contributed by atoms with van der Waals surface area (Å²) in [6.07, 6.45) is 0. The first-order valence-corrected chi connectivity index (χ1v) is 6.48. The van der Waals surface area contributed by atoms with Crippen molar-refractivity contribution >= 4 is 68.2 Å². The van der Waals surface area contributed by atoms with E-state index in [2.05, 4.69) is 9.97 Å². The van der Waals surface area contributed by atoms with Gasteiger partial charge in [-0.25, -0.2) is 9.97 Å². The van der Waals surface area contributed by atoms with E-state index in [0.717, 1.165) is 10.8 Å². The van der Waals surface area contributed by atoms with Crippen LogP contribution in [0.1, 0.15) is 0 Å². The predicted octanol–water partition coefficient (Wildman–Crippen LogP) is 5.40. The highest BCUT2D eigenvalue weighted by Gasteiger charge is 2.10. The molecule has 3 rings (SSSR count). The maximum atomic E-state index is 5.93. The molecule has 0 bridgehead atoms. The van der Waals surface area contributed by atoms with E-state index in [4.69, 9.17) is 46.4 Å². The second-order valence-corrected chi connectivity index (χ2v) is 5.26. The molecule has 0 aliphatic carbocycles. The molecule has 0 spiro atoms. The number of halogens is 4. The molecule has 0 fully saturated rings. The van der Waals surface area contributed by atoms with E-state index in [1.807, 2.05) is 12.1 Å². The minimum Gasteiger partial charge on any atom is -0.232 e. The fraction of sp³-hybridized carbons (Fsp3) is 0. The van der Waals surface area contributed by atoms with Gasteiger partial charge in [0, 0.05) is 10.8 Å². The van der Waals surface area contributed by atoms with E-state index in [1.165, 1.54) is 0 Å². The Morgan fingerprint density at radius 2 is 1.06 bits per heavy atom. The number of fused-ring (bicyclic) bond motifs is 3. The SMILES string of the molecule is Clc1cc2ccc3cc(Cl)c(Cl)nc3c2nc1Cl. The average Bonchev–Trinajstić information content (AvgIpc) is 2.33. The van der Waals surface area contributed by atoms with Crippen LogP contribution in [0.3, 0.4) is 0 Å². The lowest BCUT2D eigenvalue weighted by Crippen LogP contribution is -1.88. The number of rotatable bonds is 0. The van der Waals surface area contributed by atoms with Crippen LogP contribution in [-0.4, -0.2) is 9.97 Å². The molecule has 18 heavy (non-hydrogen) atoms. The van der Waals surface area contributed by atoms with Gasteiger partial charge >= 0.3 is 0 Å². The smallest absolute Gasteiger partial charge is 0.148 e. The topological polar surface area (TPSA) is 25.8 Å². The first-order valence-electron chi connectivity index (χ1n) is 4.97. The molecular weight excluding hydrogens is 314 g/mol. The van der Waals surface area contributed by atoms with Crippen molar-refractivity contribution in [2.45, 2.75) is 0 Å². The zero-order chi connectivity index (χ0) is 12.9. The Kier molecular flexibility index (Phi) is 2.99. The van der Waals surface area contributed by atoms with Crippen LogP contribution in [0.2, 0.25) is 20.4 Å². The van der Waals surface area contributed by atoms with Crippen molar-refractivity contribution in [1.82, 2.24) is 9.97 Å². The standard InChI is InChI=1S/C12H4Cl4N2/c13-7-3-5-1-2-6-4-8(14)12(16)18-10(6)9(5)17-11(7)15/h1-4H. The van der Waals surface area contributed by atoms with Crippen molar-refractivity contribution in [3.63, 3.8) is 0 Å². The third-order valence-corrected chi connectivity index (χ3v) is 3.94. The third-order valence-electron chi connectivity index (χ3n) is 2.59. The molecule has 0 aliphatic rings. The number of nitrogens with zero attached hydrogens (tertiary/aromatic N) is 2. The summed E-state index contributed by atoms with van der Waals surface area (Å²) in [6, 6.07) is 7.27. The van der Waals surface area contributed by atoms with E-state index in [1.54, 1.807) is 12.1 Å². The molecule has 0 saturated carbocycles. The Hall–Kier alpha value is -0.800. The molecule has 2 heterocycles. The summed E-state index contributed by atoms with van der Waals surface area (Å²) in [5.74, 6) is 0. The van der Waals surface area contributed by atoms with Gasteiger partial charge in [0.2, 0.25) is 0 Å². The molecule has 0 radical (unpaired) electrons. The van der Waals surface area contributed by atoms with Crippen molar-refractivity contribution in [3.8, 4) is 0 Å². The summed E-state index contributed by atoms with van der Waals surface area (Å²) in [7, 11) is 0. The normalized spacial score (nSPS) is 11.3. The monoisotopic (exact) mass is 316 g/mol. The summed E-state index contributed by atoms with van der Waals surface area (Å²) in [4.78, 5) is 8.49. The summed E-state index contributed by atoms with van der Waals surface area (Å²) < 4.78 is 0. The largest absolute Gasteiger partial charge is 0.232 e. The number of benzene rings is 1. The van der Waals surface area contributed by atoms with Crippen molar-refractivity contribution in [2.75, 3.05) is 0 Å². The second-order valence-electron chi connectivity index (χ2n) is 3.73. The Balaban J connectivity index is 2.52. The predicted molar refractivity (Wildman–Crippen MR) is 77.1 cm³/mol. The number of pyridine rings is 2. The Labute approximate surface area is 122 Å². The Bertz CT molecular complexity index is 719. The van der Waals surface area contributed by atoms with Gasteiger partial charge in [-0.15, -0.1) is 0 Å². The fourth-order valence-electron chi connectivity index (χ4n) is 1.77. The summed E-state index contributed by atoms with van der Waals surface area (Å²) >= 11 is 23.7. The summed E-state index contributed by atoms with van der Waals surface area (Å²) in [6.45, 7) is 0. The molecule has 0 unspecified atom stereocenters. The van der Waals surface area contributed by atoms with Crippen LogP contribution in [0.4, 0.5) is 0 Å². The molecule has 6 heteroatoms. The average molecular weight is 318 g/mol. The molecule has 0 atom stereocenters. The third kappa shape index (κ3) is 1.90. The maximum Gasteiger partial charge on any atom is 0.148 e. The van der Waals surface area contributed by atoms with E-state index in [-0.39, 0.29) is 10.3 Å². The van der Waals surface area contributed by atoms with Gasteiger partial charge in [0.05, 0.1) is 21.1 Å². The first kappa shape index (κ1) is 12.2. The van der Waals surface area contributed by atoms with Gasteiger partial charge in [-0.05, 0) is 12.1 Å². The van der Waals surface area contributed by atoms with Crippen LogP contribution < -0.4 is 0 Å². The van der Waals surface area contributed by atoms with E-state index in [9.17, 15) is 0 Å². The van der Waals surface area contributed by atoms with Crippen molar-refractivity contribution in [2.24, 2.45) is 0 Å². The molecule has 0 saturated heterocycles. The molecule has 0 N–H and O–H groups in total.